The van der Waals surface area contributed by atoms with Crippen molar-refractivity contribution in [1.82, 2.24) is 4.31 Å². The molecule has 0 atom stereocenters. The summed E-state index contributed by atoms with van der Waals surface area (Å²) in [4.78, 5) is 11.4. The number of rotatable bonds is 0. The van der Waals surface area contributed by atoms with Crippen molar-refractivity contribution in [2.24, 2.45) is 0 Å². The number of amides is 1. The number of methoxy groups -OCH3 is 1. The normalized spacial score (nSPS) is 19.5. The zero-order valence-corrected chi connectivity index (χ0v) is 13.3. The molecule has 4 nitrogen and oxygen atoms in total. The first kappa shape index (κ1) is 14.6. The number of halogens is 3. The summed E-state index contributed by atoms with van der Waals surface area (Å²) in [5.41, 5.74) is 0.958. The lowest BCUT2D eigenvalue weighted by Gasteiger charge is -2.19. The second kappa shape index (κ2) is 5.17. The summed E-state index contributed by atoms with van der Waals surface area (Å²) in [5, 5.41) is 0. The van der Waals surface area contributed by atoms with Crippen molar-refractivity contribution in [2.75, 3.05) is 20.3 Å². The monoisotopic (exact) mass is 377 g/mol. The number of carbonyl (C=O) groups is 1. The summed E-state index contributed by atoms with van der Waals surface area (Å²) in [7, 11) is 1.22. The van der Waals surface area contributed by atoms with E-state index >= 15 is 0 Å². The minimum atomic E-state index is -3.14. The highest BCUT2D eigenvalue weighted by Gasteiger charge is 2.46. The Balaban J connectivity index is 2.09. The molecule has 1 aromatic carbocycles. The molecule has 0 aromatic heterocycles. The number of benzene rings is 1. The SMILES string of the molecule is COC(=O)N1CC2=C(S1)C(F)(F)COc1ccc(Br)cc12. The Morgan fingerprint density at radius 1 is 1.52 bits per heavy atom. The van der Waals surface area contributed by atoms with Crippen LogP contribution >= 0.6 is 27.9 Å². The molecule has 0 N–H and O–H groups in total. The summed E-state index contributed by atoms with van der Waals surface area (Å²) < 4.78 is 40.2. The van der Waals surface area contributed by atoms with Crippen molar-refractivity contribution < 1.29 is 23.0 Å². The van der Waals surface area contributed by atoms with Gasteiger partial charge in [-0.05, 0) is 30.1 Å². The Bertz CT molecular complexity index is 650. The summed E-state index contributed by atoms with van der Waals surface area (Å²) in [6.07, 6.45) is -0.652. The van der Waals surface area contributed by atoms with Gasteiger partial charge in [0.1, 0.15) is 5.75 Å². The van der Waals surface area contributed by atoms with Gasteiger partial charge in [-0.3, -0.25) is 0 Å². The molecule has 1 aromatic rings. The van der Waals surface area contributed by atoms with E-state index in [1.165, 1.54) is 11.4 Å². The van der Waals surface area contributed by atoms with Crippen LogP contribution in [0, 0.1) is 0 Å². The van der Waals surface area contributed by atoms with Crippen LogP contribution in [0.3, 0.4) is 0 Å². The summed E-state index contributed by atoms with van der Waals surface area (Å²) in [6.45, 7) is -0.697. The molecular formula is C13H10BrF2NO3S. The molecule has 21 heavy (non-hydrogen) atoms. The molecule has 0 unspecified atom stereocenters. The van der Waals surface area contributed by atoms with E-state index in [2.05, 4.69) is 20.7 Å². The van der Waals surface area contributed by atoms with Crippen molar-refractivity contribution >= 4 is 39.5 Å². The Hall–Kier alpha value is -1.28. The lowest BCUT2D eigenvalue weighted by molar-refractivity contribution is 0.00367. The molecule has 0 bridgehead atoms. The molecule has 3 rings (SSSR count). The highest BCUT2D eigenvalue weighted by atomic mass is 79.9. The third-order valence-electron chi connectivity index (χ3n) is 3.16. The van der Waals surface area contributed by atoms with Crippen LogP contribution < -0.4 is 4.74 Å². The van der Waals surface area contributed by atoms with Crippen LogP contribution in [0.4, 0.5) is 13.6 Å². The van der Waals surface area contributed by atoms with Gasteiger partial charge in [0, 0.05) is 15.6 Å². The average molecular weight is 378 g/mol. The molecule has 112 valence electrons. The van der Waals surface area contributed by atoms with Gasteiger partial charge in [0.05, 0.1) is 18.6 Å². The first-order chi connectivity index (χ1) is 9.92. The molecule has 1 amide bonds. The molecule has 2 aliphatic heterocycles. The first-order valence-electron chi connectivity index (χ1n) is 6.00. The smallest absolute Gasteiger partial charge is 0.420 e. The summed E-state index contributed by atoms with van der Waals surface area (Å²) in [5.74, 6) is -2.76. The molecule has 2 aliphatic rings. The fourth-order valence-electron chi connectivity index (χ4n) is 2.21. The second-order valence-electron chi connectivity index (χ2n) is 4.54. The van der Waals surface area contributed by atoms with Crippen LogP contribution in [0.1, 0.15) is 5.56 Å². The van der Waals surface area contributed by atoms with Crippen molar-refractivity contribution in [2.45, 2.75) is 5.92 Å². The van der Waals surface area contributed by atoms with Gasteiger partial charge in [-0.15, -0.1) is 0 Å². The molecule has 0 radical (unpaired) electrons. The van der Waals surface area contributed by atoms with Crippen LogP contribution in [0.15, 0.2) is 27.6 Å². The fourth-order valence-corrected chi connectivity index (χ4v) is 3.61. The Morgan fingerprint density at radius 3 is 3.00 bits per heavy atom. The number of fused-ring (bicyclic) bond motifs is 2. The summed E-state index contributed by atoms with van der Waals surface area (Å²) in [6, 6.07) is 5.08. The van der Waals surface area contributed by atoms with Crippen LogP contribution in [0.5, 0.6) is 5.75 Å². The molecular weight excluding hydrogens is 368 g/mol. The van der Waals surface area contributed by atoms with Crippen molar-refractivity contribution in [1.29, 1.82) is 0 Å². The average Bonchev–Trinajstić information content (AvgIpc) is 2.87. The number of nitrogens with zero attached hydrogens (tertiary/aromatic N) is 1. The standard InChI is InChI=1S/C13H10BrF2NO3S/c1-19-12(18)17-5-9-8-4-7(14)2-3-10(8)20-6-13(15,16)11(9)21-17/h2-4H,5-6H2,1H3. The summed E-state index contributed by atoms with van der Waals surface area (Å²) >= 11 is 4.03. The first-order valence-corrected chi connectivity index (χ1v) is 7.56. The predicted octanol–water partition coefficient (Wildman–Crippen LogP) is 3.92. The van der Waals surface area contributed by atoms with Gasteiger partial charge >= 0.3 is 12.0 Å². The number of ether oxygens (including phenoxy) is 2. The molecule has 0 fully saturated rings. The number of alkyl halides is 2. The Morgan fingerprint density at radius 2 is 2.29 bits per heavy atom. The topological polar surface area (TPSA) is 38.8 Å². The molecule has 8 heteroatoms. The van der Waals surface area contributed by atoms with Crippen LogP contribution in [0.2, 0.25) is 0 Å². The lowest BCUT2D eigenvalue weighted by atomic mass is 10.0. The van der Waals surface area contributed by atoms with E-state index in [0.717, 1.165) is 4.47 Å². The number of hydrogen-bond acceptors (Lipinski definition) is 4. The van der Waals surface area contributed by atoms with Crippen LogP contribution in [-0.4, -0.2) is 36.6 Å². The van der Waals surface area contributed by atoms with Gasteiger partial charge in [-0.25, -0.2) is 9.10 Å². The maximum absolute atomic E-state index is 14.2. The van der Waals surface area contributed by atoms with Crippen molar-refractivity contribution in [3.05, 3.63) is 33.1 Å². The number of carbonyl (C=O) groups excluding carboxylic acids is 1. The lowest BCUT2D eigenvalue weighted by Crippen LogP contribution is -2.27. The molecule has 0 saturated carbocycles. The third kappa shape index (κ3) is 2.50. The van der Waals surface area contributed by atoms with E-state index in [-0.39, 0.29) is 11.4 Å². The Kier molecular flexibility index (Phi) is 3.61. The largest absolute Gasteiger partial charge is 0.486 e. The zero-order chi connectivity index (χ0) is 15.2. The van der Waals surface area contributed by atoms with E-state index < -0.39 is 18.6 Å². The van der Waals surface area contributed by atoms with Gasteiger partial charge in [0.15, 0.2) is 6.61 Å². The molecule has 2 heterocycles. The molecule has 0 aliphatic carbocycles. The highest BCUT2D eigenvalue weighted by molar-refractivity contribution is 9.10. The van der Waals surface area contributed by atoms with E-state index in [9.17, 15) is 13.6 Å². The predicted molar refractivity (Wildman–Crippen MR) is 78.2 cm³/mol. The van der Waals surface area contributed by atoms with Gasteiger partial charge in [-0.1, -0.05) is 15.9 Å². The van der Waals surface area contributed by atoms with Crippen LogP contribution in [-0.2, 0) is 4.74 Å². The van der Waals surface area contributed by atoms with E-state index in [1.54, 1.807) is 18.2 Å². The van der Waals surface area contributed by atoms with Crippen molar-refractivity contribution in [3.8, 4) is 5.75 Å². The van der Waals surface area contributed by atoms with Gasteiger partial charge in [0.25, 0.3) is 0 Å². The van der Waals surface area contributed by atoms with Gasteiger partial charge < -0.3 is 9.47 Å². The third-order valence-corrected chi connectivity index (χ3v) is 4.88. The maximum Gasteiger partial charge on any atom is 0.420 e. The highest BCUT2D eigenvalue weighted by Crippen LogP contribution is 2.50. The zero-order valence-electron chi connectivity index (χ0n) is 10.9. The van der Waals surface area contributed by atoms with Crippen molar-refractivity contribution in [3.63, 3.8) is 0 Å². The maximum atomic E-state index is 14.2. The second-order valence-corrected chi connectivity index (χ2v) is 6.49. The quantitative estimate of drug-likeness (QED) is 0.642. The number of hydrogen-bond donors (Lipinski definition) is 0. The van der Waals surface area contributed by atoms with E-state index in [1.807, 2.05) is 0 Å². The van der Waals surface area contributed by atoms with Gasteiger partial charge in [-0.2, -0.15) is 8.78 Å². The van der Waals surface area contributed by atoms with Gasteiger partial charge in [0.2, 0.25) is 0 Å². The molecule has 0 spiro atoms. The minimum absolute atomic E-state index is 0.0507. The fraction of sp³-hybridized carbons (Fsp3) is 0.308. The van der Waals surface area contributed by atoms with E-state index in [0.29, 0.717) is 28.8 Å². The Labute approximate surface area is 132 Å². The van der Waals surface area contributed by atoms with E-state index in [4.69, 9.17) is 4.74 Å². The molecule has 0 saturated heterocycles. The van der Waals surface area contributed by atoms with Crippen LogP contribution in [0.25, 0.3) is 5.57 Å². The minimum Gasteiger partial charge on any atom is -0.486 e.